The number of halogens is 1. The first-order chi connectivity index (χ1) is 4.70. The summed E-state index contributed by atoms with van der Waals surface area (Å²) in [5, 5.41) is -0.510. The molecule has 0 radical (unpaired) electrons. The summed E-state index contributed by atoms with van der Waals surface area (Å²) in [6.45, 7) is 1.88. The Labute approximate surface area is 63.8 Å². The van der Waals surface area contributed by atoms with Crippen molar-refractivity contribution in [2.75, 3.05) is 0 Å². The predicted octanol–water partition coefficient (Wildman–Crippen LogP) is 1.77. The lowest BCUT2D eigenvalue weighted by Gasteiger charge is -1.92. The molecule has 0 bridgehead atoms. The number of hydrogen-bond donors (Lipinski definition) is 0. The smallest absolute Gasteiger partial charge is 0.270 e. The van der Waals surface area contributed by atoms with Crippen LogP contribution < -0.4 is 0 Å². The normalized spacial score (nSPS) is 9.40. The molecule has 0 aromatic carbocycles. The number of pyridine rings is 1. The predicted molar refractivity (Wildman–Crippen MR) is 39.2 cm³/mol. The Morgan fingerprint density at radius 1 is 1.70 bits per heavy atom. The van der Waals surface area contributed by atoms with Gasteiger partial charge in [-0.05, 0) is 36.2 Å². The van der Waals surface area contributed by atoms with E-state index in [9.17, 15) is 4.79 Å². The van der Waals surface area contributed by atoms with E-state index in [4.69, 9.17) is 11.6 Å². The zero-order valence-corrected chi connectivity index (χ0v) is 6.22. The van der Waals surface area contributed by atoms with Gasteiger partial charge >= 0.3 is 0 Å². The SMILES string of the molecule is Cc1ccnc(C(=O)Cl)c1. The van der Waals surface area contributed by atoms with Crippen LogP contribution in [0.2, 0.25) is 0 Å². The van der Waals surface area contributed by atoms with Crippen molar-refractivity contribution in [2.45, 2.75) is 6.92 Å². The summed E-state index contributed by atoms with van der Waals surface area (Å²) in [6.07, 6.45) is 1.56. The molecule has 0 amide bonds. The zero-order chi connectivity index (χ0) is 7.56. The van der Waals surface area contributed by atoms with E-state index in [2.05, 4.69) is 4.98 Å². The number of hydrogen-bond acceptors (Lipinski definition) is 2. The highest BCUT2D eigenvalue weighted by molar-refractivity contribution is 6.67. The summed E-state index contributed by atoms with van der Waals surface area (Å²) in [7, 11) is 0. The van der Waals surface area contributed by atoms with Gasteiger partial charge in [-0.25, -0.2) is 0 Å². The summed E-state index contributed by atoms with van der Waals surface area (Å²) in [4.78, 5) is 14.3. The molecule has 0 aliphatic heterocycles. The van der Waals surface area contributed by atoms with Crippen LogP contribution in [0.5, 0.6) is 0 Å². The van der Waals surface area contributed by atoms with E-state index in [0.717, 1.165) is 5.56 Å². The summed E-state index contributed by atoms with van der Waals surface area (Å²) < 4.78 is 0. The lowest BCUT2D eigenvalue weighted by molar-refractivity contribution is 0.107. The largest absolute Gasteiger partial charge is 0.274 e. The average Bonchev–Trinajstić information content (AvgIpc) is 1.88. The maximum Gasteiger partial charge on any atom is 0.270 e. The maximum atomic E-state index is 10.5. The molecule has 0 N–H and O–H groups in total. The third-order valence-corrected chi connectivity index (χ3v) is 1.31. The summed E-state index contributed by atoms with van der Waals surface area (Å²) in [6, 6.07) is 3.46. The molecule has 1 aromatic heterocycles. The van der Waals surface area contributed by atoms with Crippen LogP contribution in [0, 0.1) is 6.92 Å². The van der Waals surface area contributed by atoms with E-state index < -0.39 is 5.24 Å². The molecular formula is C7H6ClNO. The molecule has 0 atom stereocenters. The third kappa shape index (κ3) is 1.54. The van der Waals surface area contributed by atoms with Gasteiger partial charge in [0.05, 0.1) is 0 Å². The van der Waals surface area contributed by atoms with Gasteiger partial charge in [-0.2, -0.15) is 0 Å². The Kier molecular flexibility index (Phi) is 2.02. The van der Waals surface area contributed by atoms with Crippen LogP contribution in [0.1, 0.15) is 16.1 Å². The van der Waals surface area contributed by atoms with Crippen LogP contribution in [0.25, 0.3) is 0 Å². The molecule has 2 nitrogen and oxygen atoms in total. The van der Waals surface area contributed by atoms with Crippen molar-refractivity contribution in [3.05, 3.63) is 29.6 Å². The minimum atomic E-state index is -0.510. The van der Waals surface area contributed by atoms with Gasteiger partial charge in [-0.15, -0.1) is 0 Å². The van der Waals surface area contributed by atoms with Crippen molar-refractivity contribution in [3.8, 4) is 0 Å². The van der Waals surface area contributed by atoms with Crippen LogP contribution in [0.15, 0.2) is 18.3 Å². The maximum absolute atomic E-state index is 10.5. The summed E-state index contributed by atoms with van der Waals surface area (Å²) >= 11 is 5.17. The fourth-order valence-corrected chi connectivity index (χ4v) is 0.747. The van der Waals surface area contributed by atoms with E-state index in [1.165, 1.54) is 0 Å². The van der Waals surface area contributed by atoms with Gasteiger partial charge in [0, 0.05) is 6.20 Å². The Morgan fingerprint density at radius 3 is 2.80 bits per heavy atom. The topological polar surface area (TPSA) is 30.0 Å². The Morgan fingerprint density at radius 2 is 2.40 bits per heavy atom. The van der Waals surface area contributed by atoms with Gasteiger partial charge in [0.2, 0.25) is 0 Å². The van der Waals surface area contributed by atoms with Gasteiger partial charge in [-0.1, -0.05) is 0 Å². The van der Waals surface area contributed by atoms with E-state index in [1.54, 1.807) is 12.3 Å². The quantitative estimate of drug-likeness (QED) is 0.579. The first-order valence-electron chi connectivity index (χ1n) is 2.82. The fourth-order valence-electron chi connectivity index (χ4n) is 0.644. The van der Waals surface area contributed by atoms with Crippen molar-refractivity contribution >= 4 is 16.8 Å². The molecule has 52 valence electrons. The standard InChI is InChI=1S/C7H6ClNO/c1-5-2-3-9-6(4-5)7(8)10/h2-4H,1H3. The Bertz CT molecular complexity index is 260. The van der Waals surface area contributed by atoms with Gasteiger partial charge in [-0.3, -0.25) is 9.78 Å². The molecule has 1 rings (SSSR count). The van der Waals surface area contributed by atoms with E-state index in [0.29, 0.717) is 5.69 Å². The lowest BCUT2D eigenvalue weighted by atomic mass is 10.2. The second-order valence-corrected chi connectivity index (χ2v) is 2.34. The van der Waals surface area contributed by atoms with Crippen molar-refractivity contribution in [1.82, 2.24) is 4.98 Å². The highest BCUT2D eigenvalue weighted by atomic mass is 35.5. The molecule has 0 aliphatic carbocycles. The van der Waals surface area contributed by atoms with Gasteiger partial charge < -0.3 is 0 Å². The van der Waals surface area contributed by atoms with Crippen molar-refractivity contribution in [2.24, 2.45) is 0 Å². The van der Waals surface area contributed by atoms with Gasteiger partial charge in [0.25, 0.3) is 5.24 Å². The van der Waals surface area contributed by atoms with Crippen LogP contribution >= 0.6 is 11.6 Å². The first-order valence-corrected chi connectivity index (χ1v) is 3.20. The van der Waals surface area contributed by atoms with Crippen molar-refractivity contribution in [3.63, 3.8) is 0 Å². The number of carbonyl (C=O) groups excluding carboxylic acids is 1. The highest BCUT2D eigenvalue weighted by Crippen LogP contribution is 2.02. The number of aryl methyl sites for hydroxylation is 1. The second-order valence-electron chi connectivity index (χ2n) is 1.99. The molecule has 10 heavy (non-hydrogen) atoms. The molecule has 0 aliphatic rings. The minimum Gasteiger partial charge on any atom is -0.274 e. The summed E-state index contributed by atoms with van der Waals surface area (Å²) in [5.74, 6) is 0. The first kappa shape index (κ1) is 7.22. The van der Waals surface area contributed by atoms with E-state index >= 15 is 0 Å². The zero-order valence-electron chi connectivity index (χ0n) is 5.47. The number of rotatable bonds is 1. The van der Waals surface area contributed by atoms with Crippen LogP contribution in [0.3, 0.4) is 0 Å². The molecule has 0 unspecified atom stereocenters. The minimum absolute atomic E-state index is 0.307. The molecule has 0 saturated heterocycles. The fraction of sp³-hybridized carbons (Fsp3) is 0.143. The van der Waals surface area contributed by atoms with Crippen molar-refractivity contribution < 1.29 is 4.79 Å². The Balaban J connectivity index is 3.07. The van der Waals surface area contributed by atoms with Crippen LogP contribution in [-0.4, -0.2) is 10.2 Å². The number of carbonyl (C=O) groups is 1. The second kappa shape index (κ2) is 2.80. The number of aromatic nitrogens is 1. The Hall–Kier alpha value is -0.890. The third-order valence-electron chi connectivity index (χ3n) is 1.12. The molecule has 1 aromatic rings. The van der Waals surface area contributed by atoms with E-state index in [-0.39, 0.29) is 0 Å². The molecule has 0 spiro atoms. The number of nitrogens with zero attached hydrogens (tertiary/aromatic N) is 1. The van der Waals surface area contributed by atoms with Crippen molar-refractivity contribution in [1.29, 1.82) is 0 Å². The molecule has 3 heteroatoms. The lowest BCUT2D eigenvalue weighted by Crippen LogP contribution is -1.92. The average molecular weight is 156 g/mol. The molecular weight excluding hydrogens is 150 g/mol. The van der Waals surface area contributed by atoms with Crippen LogP contribution in [-0.2, 0) is 0 Å². The molecule has 0 saturated carbocycles. The monoisotopic (exact) mass is 155 g/mol. The molecule has 0 fully saturated rings. The highest BCUT2D eigenvalue weighted by Gasteiger charge is 2.00. The van der Waals surface area contributed by atoms with Gasteiger partial charge in [0.15, 0.2) is 0 Å². The van der Waals surface area contributed by atoms with Gasteiger partial charge in [0.1, 0.15) is 5.69 Å². The summed E-state index contributed by atoms with van der Waals surface area (Å²) in [5.41, 5.74) is 1.29. The van der Waals surface area contributed by atoms with E-state index in [1.807, 2.05) is 13.0 Å². The molecule has 1 heterocycles. The van der Waals surface area contributed by atoms with Crippen LogP contribution in [0.4, 0.5) is 0 Å².